The fourth-order valence-electron chi connectivity index (χ4n) is 3.94. The van der Waals surface area contributed by atoms with Crippen LogP contribution in [0.25, 0.3) is 0 Å². The summed E-state index contributed by atoms with van der Waals surface area (Å²) in [5, 5.41) is 1.11. The highest BCUT2D eigenvalue weighted by molar-refractivity contribution is 8.16. The van der Waals surface area contributed by atoms with Gasteiger partial charge < -0.3 is 4.90 Å². The molecule has 1 fully saturated rings. The predicted octanol–water partition coefficient (Wildman–Crippen LogP) is 7.95. The molecular formula is C28H21ClN2OS2. The van der Waals surface area contributed by atoms with E-state index in [9.17, 15) is 4.79 Å². The van der Waals surface area contributed by atoms with Crippen LogP contribution in [0.1, 0.15) is 22.0 Å². The van der Waals surface area contributed by atoms with E-state index < -0.39 is 0 Å². The lowest BCUT2D eigenvalue weighted by atomic mass is 9.96. The minimum absolute atomic E-state index is 0.0910. The van der Waals surface area contributed by atoms with Crippen LogP contribution >= 0.6 is 35.3 Å². The average Bonchev–Trinajstić information content (AvgIpc) is 3.28. The van der Waals surface area contributed by atoms with Crippen LogP contribution in [-0.2, 0) is 0 Å². The maximum atomic E-state index is 13.8. The molecule has 0 spiro atoms. The molecule has 1 saturated heterocycles. The molecule has 0 unspecified atom stereocenters. The third-order valence-corrected chi connectivity index (χ3v) is 7.88. The fraction of sp³-hybridized carbons (Fsp3) is 0.0714. The molecule has 0 radical (unpaired) electrons. The molecule has 34 heavy (non-hydrogen) atoms. The second-order valence-electron chi connectivity index (χ2n) is 7.75. The highest BCUT2D eigenvalue weighted by atomic mass is 35.5. The number of hydrogen-bond donors (Lipinski definition) is 0. The lowest BCUT2D eigenvalue weighted by Gasteiger charge is -2.28. The Balaban J connectivity index is 1.61. The lowest BCUT2D eigenvalue weighted by Crippen LogP contribution is -2.33. The predicted molar refractivity (Wildman–Crippen MR) is 145 cm³/mol. The molecule has 1 aliphatic heterocycles. The molecule has 5 rings (SSSR count). The third kappa shape index (κ3) is 4.92. The topological polar surface area (TPSA) is 32.7 Å². The number of carbonyl (C=O) groups is 1. The average molecular weight is 501 g/mol. The number of anilines is 1. The zero-order chi connectivity index (χ0) is 23.3. The SMILES string of the molecule is O=C(c1ccccc1)[C@@H]1S/C(=N\Sc2ccccc2)N(c2ccc(Cl)cc2)[C@H]1c1ccccc1. The summed E-state index contributed by atoms with van der Waals surface area (Å²) in [6.07, 6.45) is 0. The Morgan fingerprint density at radius 3 is 2.03 bits per heavy atom. The van der Waals surface area contributed by atoms with Crippen LogP contribution in [0.5, 0.6) is 0 Å². The van der Waals surface area contributed by atoms with Crippen molar-refractivity contribution in [2.24, 2.45) is 4.40 Å². The first-order valence-electron chi connectivity index (χ1n) is 10.9. The van der Waals surface area contributed by atoms with Gasteiger partial charge in [-0.05, 0) is 42.0 Å². The van der Waals surface area contributed by atoms with E-state index in [1.165, 1.54) is 23.7 Å². The van der Waals surface area contributed by atoms with Crippen molar-refractivity contribution in [1.29, 1.82) is 0 Å². The van der Waals surface area contributed by atoms with Gasteiger partial charge in [0.2, 0.25) is 0 Å². The second-order valence-corrected chi connectivity index (χ2v) is 10.1. The number of amidine groups is 1. The van der Waals surface area contributed by atoms with Crippen molar-refractivity contribution in [1.82, 2.24) is 0 Å². The van der Waals surface area contributed by atoms with Crippen LogP contribution in [0.3, 0.4) is 0 Å². The molecule has 0 aliphatic carbocycles. The van der Waals surface area contributed by atoms with E-state index in [0.29, 0.717) is 10.6 Å². The second kappa shape index (κ2) is 10.5. The summed E-state index contributed by atoms with van der Waals surface area (Å²) < 4.78 is 4.91. The van der Waals surface area contributed by atoms with Crippen molar-refractivity contribution in [2.75, 3.05) is 4.90 Å². The van der Waals surface area contributed by atoms with Crippen molar-refractivity contribution in [3.63, 3.8) is 0 Å². The molecule has 168 valence electrons. The Morgan fingerprint density at radius 2 is 1.38 bits per heavy atom. The Hall–Kier alpha value is -2.99. The number of ketones is 1. The highest BCUT2D eigenvalue weighted by Crippen LogP contribution is 2.46. The minimum Gasteiger partial charge on any atom is -0.311 e. The summed E-state index contributed by atoms with van der Waals surface area (Å²) in [5.74, 6) is 0.0910. The Morgan fingerprint density at radius 1 is 0.794 bits per heavy atom. The quantitative estimate of drug-likeness (QED) is 0.198. The standard InChI is InChI=1S/C28H21ClN2OS2/c29-22-16-18-23(19-17-22)31-25(20-10-4-1-5-11-20)27(26(32)21-12-6-2-7-13-21)33-28(31)30-34-24-14-8-3-9-15-24/h1-19,25,27H/b30-28-/t25-,27+/m0/s1. The molecule has 3 nitrogen and oxygen atoms in total. The number of benzene rings is 4. The van der Waals surface area contributed by atoms with Gasteiger partial charge >= 0.3 is 0 Å². The van der Waals surface area contributed by atoms with Crippen molar-refractivity contribution < 1.29 is 4.79 Å². The molecule has 2 atom stereocenters. The van der Waals surface area contributed by atoms with Crippen molar-refractivity contribution in [3.05, 3.63) is 131 Å². The summed E-state index contributed by atoms with van der Waals surface area (Å²) in [7, 11) is 0. The fourth-order valence-corrected chi connectivity index (χ4v) is 6.11. The van der Waals surface area contributed by atoms with Crippen LogP contribution < -0.4 is 4.90 Å². The number of rotatable bonds is 6. The van der Waals surface area contributed by atoms with Gasteiger partial charge in [-0.2, -0.15) is 4.40 Å². The number of hydrogen-bond acceptors (Lipinski definition) is 4. The molecule has 4 aromatic carbocycles. The zero-order valence-electron chi connectivity index (χ0n) is 18.1. The van der Waals surface area contributed by atoms with Gasteiger partial charge in [-0.15, -0.1) is 0 Å². The van der Waals surface area contributed by atoms with Gasteiger partial charge in [-0.1, -0.05) is 102 Å². The number of halogens is 1. The summed E-state index contributed by atoms with van der Waals surface area (Å²) in [6, 6.07) is 37.2. The first kappa shape index (κ1) is 22.8. The minimum atomic E-state index is -0.351. The molecule has 0 N–H and O–H groups in total. The van der Waals surface area contributed by atoms with E-state index in [0.717, 1.165) is 21.3 Å². The van der Waals surface area contributed by atoms with Crippen molar-refractivity contribution in [3.8, 4) is 0 Å². The van der Waals surface area contributed by atoms with E-state index in [4.69, 9.17) is 16.0 Å². The van der Waals surface area contributed by atoms with E-state index in [1.807, 2.05) is 103 Å². The monoisotopic (exact) mass is 500 g/mol. The molecule has 6 heteroatoms. The Labute approximate surface area is 213 Å². The molecular weight excluding hydrogens is 480 g/mol. The van der Waals surface area contributed by atoms with Crippen LogP contribution in [-0.4, -0.2) is 16.2 Å². The van der Waals surface area contributed by atoms with Crippen LogP contribution in [0.2, 0.25) is 5.02 Å². The van der Waals surface area contributed by atoms with E-state index >= 15 is 0 Å². The van der Waals surface area contributed by atoms with Crippen LogP contribution in [0.15, 0.2) is 125 Å². The van der Waals surface area contributed by atoms with Gasteiger partial charge in [0.15, 0.2) is 11.0 Å². The summed E-state index contributed by atoms with van der Waals surface area (Å²) >= 11 is 9.13. The van der Waals surface area contributed by atoms with Crippen LogP contribution in [0.4, 0.5) is 5.69 Å². The van der Waals surface area contributed by atoms with E-state index in [1.54, 1.807) is 0 Å². The van der Waals surface area contributed by atoms with Crippen LogP contribution in [0, 0.1) is 0 Å². The maximum Gasteiger partial charge on any atom is 0.178 e. The Kier molecular flexibility index (Phi) is 7.05. The van der Waals surface area contributed by atoms with Gasteiger partial charge in [-0.3, -0.25) is 4.79 Å². The molecule has 4 aromatic rings. The number of thioether (sulfide) groups is 1. The number of Topliss-reactive ketones (excluding diaryl/α,β-unsaturated/α-hetero) is 1. The number of carbonyl (C=O) groups excluding carboxylic acids is 1. The molecule has 0 saturated carbocycles. The van der Waals surface area contributed by atoms with Gasteiger partial charge in [0.1, 0.15) is 5.25 Å². The smallest absolute Gasteiger partial charge is 0.178 e. The van der Waals surface area contributed by atoms with E-state index in [2.05, 4.69) is 17.0 Å². The molecule has 1 heterocycles. The normalized spacial score (nSPS) is 18.9. The molecule has 0 aromatic heterocycles. The summed E-state index contributed by atoms with van der Waals surface area (Å²) in [6.45, 7) is 0. The van der Waals surface area contributed by atoms with Gasteiger partial charge in [0, 0.05) is 33.1 Å². The highest BCUT2D eigenvalue weighted by Gasteiger charge is 2.45. The third-order valence-electron chi connectivity index (χ3n) is 5.54. The first-order chi connectivity index (χ1) is 16.7. The molecule has 1 aliphatic rings. The summed E-state index contributed by atoms with van der Waals surface area (Å²) in [5.41, 5.74) is 2.71. The summed E-state index contributed by atoms with van der Waals surface area (Å²) in [4.78, 5) is 17.0. The molecule has 0 bridgehead atoms. The zero-order valence-corrected chi connectivity index (χ0v) is 20.5. The first-order valence-corrected chi connectivity index (χ1v) is 12.9. The lowest BCUT2D eigenvalue weighted by molar-refractivity contribution is 0.0983. The van der Waals surface area contributed by atoms with Gasteiger partial charge in [0.05, 0.1) is 6.04 Å². The maximum absolute atomic E-state index is 13.8. The van der Waals surface area contributed by atoms with Crippen molar-refractivity contribution in [2.45, 2.75) is 16.2 Å². The largest absolute Gasteiger partial charge is 0.311 e. The van der Waals surface area contributed by atoms with Gasteiger partial charge in [0.25, 0.3) is 0 Å². The number of nitrogens with zero attached hydrogens (tertiary/aromatic N) is 2. The Bertz CT molecular complexity index is 1280. The molecule has 0 amide bonds. The van der Waals surface area contributed by atoms with Gasteiger partial charge in [-0.25, -0.2) is 0 Å². The van der Waals surface area contributed by atoms with E-state index in [-0.39, 0.29) is 17.1 Å². The van der Waals surface area contributed by atoms with Crippen molar-refractivity contribution >= 4 is 51.9 Å².